The van der Waals surface area contributed by atoms with Crippen molar-refractivity contribution in [3.8, 4) is 0 Å². The van der Waals surface area contributed by atoms with E-state index in [1.807, 2.05) is 42.5 Å². The van der Waals surface area contributed by atoms with E-state index in [1.165, 1.54) is 23.6 Å². The largest absolute Gasteiger partial charge is 0.480 e. The molecule has 2 saturated heterocycles. The van der Waals surface area contributed by atoms with Gasteiger partial charge in [-0.2, -0.15) is 0 Å². The summed E-state index contributed by atoms with van der Waals surface area (Å²) in [7, 11) is 0. The molecule has 0 bridgehead atoms. The van der Waals surface area contributed by atoms with Gasteiger partial charge in [0.1, 0.15) is 11.4 Å². The van der Waals surface area contributed by atoms with E-state index >= 15 is 0 Å². The average Bonchev–Trinajstić information content (AvgIpc) is 3.01. The summed E-state index contributed by atoms with van der Waals surface area (Å²) >= 11 is 1.23. The van der Waals surface area contributed by atoms with E-state index < -0.39 is 45.3 Å². The second kappa shape index (κ2) is 7.78. The van der Waals surface area contributed by atoms with E-state index in [4.69, 9.17) is 0 Å². The summed E-state index contributed by atoms with van der Waals surface area (Å²) in [5.41, 5.74) is 0.391. The normalized spacial score (nSPS) is 25.6. The summed E-state index contributed by atoms with van der Waals surface area (Å²) in [6.45, 7) is 4.71. The van der Waals surface area contributed by atoms with Crippen LogP contribution in [-0.4, -0.2) is 55.3 Å². The van der Waals surface area contributed by atoms with Gasteiger partial charge >= 0.3 is 5.97 Å². The topological polar surface area (TPSA) is 104 Å². The lowest BCUT2D eigenvalue weighted by molar-refractivity contribution is -0.170. The number of amides is 2. The number of nitrogens with one attached hydrogen (secondary N) is 1. The maximum Gasteiger partial charge on any atom is 0.327 e. The summed E-state index contributed by atoms with van der Waals surface area (Å²) in [6, 6.07) is 15.7. The first-order valence-corrected chi connectivity index (χ1v) is 11.2. The van der Waals surface area contributed by atoms with Gasteiger partial charge in [-0.25, -0.2) is 4.79 Å². The van der Waals surface area contributed by atoms with Gasteiger partial charge in [-0.15, -0.1) is 11.8 Å². The number of carboxylic acids is 1. The zero-order chi connectivity index (χ0) is 23.3. The molecule has 8 heteroatoms. The number of carbonyl (C=O) groups excluding carboxylic acids is 3. The van der Waals surface area contributed by atoms with Crippen LogP contribution >= 0.6 is 11.8 Å². The number of nitrogens with zero attached hydrogens (tertiary/aromatic N) is 1. The molecule has 3 atom stereocenters. The van der Waals surface area contributed by atoms with Gasteiger partial charge in [0.2, 0.25) is 5.54 Å². The van der Waals surface area contributed by atoms with Gasteiger partial charge in [-0.3, -0.25) is 14.4 Å². The quantitative estimate of drug-likeness (QED) is 0.516. The van der Waals surface area contributed by atoms with Crippen molar-refractivity contribution < 1.29 is 24.3 Å². The molecule has 1 unspecified atom stereocenters. The third-order valence-corrected chi connectivity index (χ3v) is 7.78. The van der Waals surface area contributed by atoms with Gasteiger partial charge in [-0.1, -0.05) is 48.5 Å². The number of ketones is 1. The summed E-state index contributed by atoms with van der Waals surface area (Å²) in [5.74, 6) is -2.84. The SMILES string of the molecule is CC(=O)C1(NC(=O)c2ccccc2Cc2ccccc2)C(=O)N2[C@@H](C(=O)O)C(C)(C)S[C@@H]21. The van der Waals surface area contributed by atoms with Gasteiger partial charge in [0.15, 0.2) is 5.78 Å². The number of carbonyl (C=O) groups is 4. The fourth-order valence-electron chi connectivity index (χ4n) is 4.55. The highest BCUT2D eigenvalue weighted by Gasteiger charge is 2.74. The second-order valence-electron chi connectivity index (χ2n) is 8.66. The van der Waals surface area contributed by atoms with Crippen LogP contribution in [0.5, 0.6) is 0 Å². The lowest BCUT2D eigenvalue weighted by Crippen LogP contribution is -2.82. The number of fused-ring (bicyclic) bond motifs is 1. The number of thioether (sulfide) groups is 1. The Hall–Kier alpha value is -3.13. The van der Waals surface area contributed by atoms with Crippen molar-refractivity contribution in [2.45, 2.75) is 48.9 Å². The molecule has 0 radical (unpaired) electrons. The van der Waals surface area contributed by atoms with Gasteiger partial charge in [0, 0.05) is 10.3 Å². The number of rotatable bonds is 6. The Bertz CT molecular complexity index is 1120. The standard InChI is InChI=1S/C24H24N2O5S/c1-14(27)24(21(31)26-18(20(29)30)23(2,3)32-22(24)26)25-19(28)17-12-8-7-11-16(17)13-15-9-5-4-6-10-15/h4-12,18,22H,13H2,1-3H3,(H,25,28)(H,29,30)/t18-,22+,24?/m0/s1. The van der Waals surface area contributed by atoms with Crippen molar-refractivity contribution >= 4 is 35.3 Å². The van der Waals surface area contributed by atoms with Crippen molar-refractivity contribution in [2.24, 2.45) is 0 Å². The minimum atomic E-state index is -1.77. The predicted molar refractivity (Wildman–Crippen MR) is 120 cm³/mol. The van der Waals surface area contributed by atoms with Gasteiger partial charge < -0.3 is 15.3 Å². The molecule has 2 fully saturated rings. The molecule has 4 rings (SSSR count). The van der Waals surface area contributed by atoms with Crippen LogP contribution < -0.4 is 5.32 Å². The summed E-state index contributed by atoms with van der Waals surface area (Å²) < 4.78 is -0.806. The fourth-order valence-corrected chi connectivity index (χ4v) is 6.30. The molecular weight excluding hydrogens is 428 g/mol. The Labute approximate surface area is 190 Å². The number of benzene rings is 2. The zero-order valence-corrected chi connectivity index (χ0v) is 18.8. The van der Waals surface area contributed by atoms with Crippen LogP contribution in [0.1, 0.15) is 42.3 Å². The van der Waals surface area contributed by atoms with Crippen molar-refractivity contribution in [1.82, 2.24) is 10.2 Å². The van der Waals surface area contributed by atoms with E-state index in [0.717, 1.165) is 11.1 Å². The van der Waals surface area contributed by atoms with Gasteiger partial charge in [0.05, 0.1) is 0 Å². The van der Waals surface area contributed by atoms with Gasteiger partial charge in [-0.05, 0) is 44.4 Å². The van der Waals surface area contributed by atoms with Crippen molar-refractivity contribution in [1.29, 1.82) is 0 Å². The van der Waals surface area contributed by atoms with Crippen LogP contribution in [0.4, 0.5) is 0 Å². The monoisotopic (exact) mass is 452 g/mol. The van der Waals surface area contributed by atoms with E-state index in [1.54, 1.807) is 26.0 Å². The van der Waals surface area contributed by atoms with Crippen LogP contribution in [-0.2, 0) is 20.8 Å². The molecule has 7 nitrogen and oxygen atoms in total. The highest BCUT2D eigenvalue weighted by molar-refractivity contribution is 8.01. The first kappa shape index (κ1) is 22.1. The van der Waals surface area contributed by atoms with E-state index in [9.17, 15) is 24.3 Å². The van der Waals surface area contributed by atoms with Crippen LogP contribution in [0.2, 0.25) is 0 Å². The van der Waals surface area contributed by atoms with Crippen molar-refractivity contribution in [3.05, 3.63) is 71.3 Å². The van der Waals surface area contributed by atoms with Crippen molar-refractivity contribution in [3.63, 3.8) is 0 Å². The number of Topliss-reactive ketones (excluding diaryl/α,β-unsaturated/α-hetero) is 1. The molecule has 2 amide bonds. The minimum Gasteiger partial charge on any atom is -0.480 e. The zero-order valence-electron chi connectivity index (χ0n) is 18.0. The number of hydrogen-bond acceptors (Lipinski definition) is 5. The third kappa shape index (κ3) is 3.30. The van der Waals surface area contributed by atoms with E-state index in [2.05, 4.69) is 5.32 Å². The number of hydrogen-bond donors (Lipinski definition) is 2. The number of β-lactam (4-membered cyclic amide) rings is 1. The molecule has 2 N–H and O–H groups in total. The molecule has 0 aromatic heterocycles. The Kier molecular flexibility index (Phi) is 5.36. The highest BCUT2D eigenvalue weighted by Crippen LogP contribution is 2.55. The average molecular weight is 453 g/mol. The molecular formula is C24H24N2O5S. The first-order valence-electron chi connectivity index (χ1n) is 10.3. The lowest BCUT2D eigenvalue weighted by atomic mass is 9.81. The fraction of sp³-hybridized carbons (Fsp3) is 0.333. The van der Waals surface area contributed by atoms with Crippen LogP contribution in [0.15, 0.2) is 54.6 Å². The Morgan fingerprint density at radius 1 is 1.06 bits per heavy atom. The molecule has 2 aliphatic rings. The molecule has 32 heavy (non-hydrogen) atoms. The molecule has 2 aliphatic heterocycles. The van der Waals surface area contributed by atoms with Crippen LogP contribution in [0.3, 0.4) is 0 Å². The maximum absolute atomic E-state index is 13.3. The molecule has 2 aromatic rings. The summed E-state index contributed by atoms with van der Waals surface area (Å²) in [6.07, 6.45) is 0.518. The molecule has 0 saturated carbocycles. The Morgan fingerprint density at radius 3 is 2.31 bits per heavy atom. The lowest BCUT2D eigenvalue weighted by Gasteiger charge is -2.51. The Balaban J connectivity index is 1.65. The molecule has 2 aromatic carbocycles. The first-order chi connectivity index (χ1) is 15.1. The second-order valence-corrected chi connectivity index (χ2v) is 10.4. The highest BCUT2D eigenvalue weighted by atomic mass is 32.2. The third-order valence-electron chi connectivity index (χ3n) is 6.15. The smallest absolute Gasteiger partial charge is 0.327 e. The predicted octanol–water partition coefficient (Wildman–Crippen LogP) is 2.48. The molecule has 0 spiro atoms. The van der Waals surface area contributed by atoms with Crippen molar-refractivity contribution in [2.75, 3.05) is 0 Å². The maximum atomic E-state index is 13.3. The van der Waals surface area contributed by atoms with E-state index in [0.29, 0.717) is 12.0 Å². The van der Waals surface area contributed by atoms with Crippen LogP contribution in [0.25, 0.3) is 0 Å². The Morgan fingerprint density at radius 2 is 1.69 bits per heavy atom. The summed E-state index contributed by atoms with van der Waals surface area (Å²) in [5, 5.41) is 11.6. The molecule has 0 aliphatic carbocycles. The minimum absolute atomic E-state index is 0.375. The van der Waals surface area contributed by atoms with Gasteiger partial charge in [0.25, 0.3) is 11.8 Å². The van der Waals surface area contributed by atoms with E-state index in [-0.39, 0.29) is 0 Å². The molecule has 166 valence electrons. The van der Waals surface area contributed by atoms with Crippen LogP contribution in [0, 0.1) is 0 Å². The number of carboxylic acid groups (broad SMARTS) is 1. The molecule has 2 heterocycles. The number of aliphatic carboxylic acids is 1. The summed E-state index contributed by atoms with van der Waals surface area (Å²) in [4.78, 5) is 52.2.